The molecule has 0 aromatic heterocycles. The maximum absolute atomic E-state index is 13.9. The zero-order valence-electron chi connectivity index (χ0n) is 11.7. The number of hydrazine groups is 1. The van der Waals surface area contributed by atoms with E-state index in [1.165, 1.54) is 16.5 Å². The van der Waals surface area contributed by atoms with Gasteiger partial charge in [0.15, 0.2) is 0 Å². The number of hydrogen-bond donors (Lipinski definition) is 2. The second kappa shape index (κ2) is 6.88. The summed E-state index contributed by atoms with van der Waals surface area (Å²) in [5, 5.41) is 0. The van der Waals surface area contributed by atoms with Gasteiger partial charge in [-0.05, 0) is 31.5 Å². The summed E-state index contributed by atoms with van der Waals surface area (Å²) in [6.45, 7) is 4.02. The molecule has 3 N–H and O–H groups in total. The first-order valence-corrected chi connectivity index (χ1v) is 7.51. The summed E-state index contributed by atoms with van der Waals surface area (Å²) < 4.78 is 13.9. The number of hydrogen-bond acceptors (Lipinski definition) is 3. The van der Waals surface area contributed by atoms with E-state index >= 15 is 0 Å². The van der Waals surface area contributed by atoms with E-state index in [0.717, 1.165) is 5.56 Å². The molecular formula is C16H19FN2S. The van der Waals surface area contributed by atoms with Crippen LogP contribution in [0.5, 0.6) is 0 Å². The molecule has 4 heteroatoms. The number of thioether (sulfide) groups is 1. The fourth-order valence-electron chi connectivity index (χ4n) is 2.05. The minimum absolute atomic E-state index is 0.209. The van der Waals surface area contributed by atoms with Gasteiger partial charge in [0.25, 0.3) is 0 Å². The van der Waals surface area contributed by atoms with Gasteiger partial charge in [-0.25, -0.2) is 4.39 Å². The van der Waals surface area contributed by atoms with Crippen LogP contribution in [0.1, 0.15) is 22.7 Å². The molecule has 2 aromatic rings. The average Bonchev–Trinajstić information content (AvgIpc) is 2.45. The largest absolute Gasteiger partial charge is 0.271 e. The van der Waals surface area contributed by atoms with Crippen molar-refractivity contribution >= 4 is 11.8 Å². The zero-order valence-corrected chi connectivity index (χ0v) is 12.5. The summed E-state index contributed by atoms with van der Waals surface area (Å²) in [6.07, 6.45) is 0. The molecule has 0 fully saturated rings. The van der Waals surface area contributed by atoms with Crippen molar-refractivity contribution in [2.75, 3.05) is 5.75 Å². The molecule has 0 heterocycles. The Balaban J connectivity index is 2.13. The highest BCUT2D eigenvalue weighted by atomic mass is 32.2. The predicted molar refractivity (Wildman–Crippen MR) is 83.1 cm³/mol. The van der Waals surface area contributed by atoms with Gasteiger partial charge in [0.1, 0.15) is 5.82 Å². The fourth-order valence-corrected chi connectivity index (χ4v) is 3.14. The smallest absolute Gasteiger partial charge is 0.128 e. The van der Waals surface area contributed by atoms with Crippen LogP contribution < -0.4 is 11.3 Å². The Labute approximate surface area is 123 Å². The van der Waals surface area contributed by atoms with Crippen LogP contribution in [0.4, 0.5) is 4.39 Å². The third-order valence-electron chi connectivity index (χ3n) is 3.23. The van der Waals surface area contributed by atoms with Gasteiger partial charge >= 0.3 is 0 Å². The molecule has 0 aliphatic rings. The van der Waals surface area contributed by atoms with Crippen molar-refractivity contribution in [3.05, 3.63) is 65.0 Å². The molecule has 2 aromatic carbocycles. The minimum atomic E-state index is -0.219. The Morgan fingerprint density at radius 3 is 2.65 bits per heavy atom. The van der Waals surface area contributed by atoms with Crippen LogP contribution in [0.3, 0.4) is 0 Å². The molecule has 0 bridgehead atoms. The minimum Gasteiger partial charge on any atom is -0.271 e. The Morgan fingerprint density at radius 1 is 1.20 bits per heavy atom. The van der Waals surface area contributed by atoms with Crippen LogP contribution in [0.25, 0.3) is 0 Å². The molecule has 0 spiro atoms. The highest BCUT2D eigenvalue weighted by Crippen LogP contribution is 2.28. The van der Waals surface area contributed by atoms with Gasteiger partial charge in [-0.2, -0.15) is 0 Å². The molecule has 20 heavy (non-hydrogen) atoms. The maximum atomic E-state index is 13.9. The van der Waals surface area contributed by atoms with Gasteiger partial charge < -0.3 is 0 Å². The Bertz CT molecular complexity index is 586. The number of aryl methyl sites for hydroxylation is 2. The summed E-state index contributed by atoms with van der Waals surface area (Å²) >= 11 is 1.68. The lowest BCUT2D eigenvalue weighted by Crippen LogP contribution is -2.30. The van der Waals surface area contributed by atoms with Crippen LogP contribution >= 0.6 is 11.8 Å². The number of nitrogens with two attached hydrogens (primary N) is 1. The first kappa shape index (κ1) is 15.0. The third kappa shape index (κ3) is 3.60. The van der Waals surface area contributed by atoms with Gasteiger partial charge in [0, 0.05) is 16.2 Å². The van der Waals surface area contributed by atoms with Gasteiger partial charge in [0.2, 0.25) is 0 Å². The van der Waals surface area contributed by atoms with E-state index in [9.17, 15) is 4.39 Å². The van der Waals surface area contributed by atoms with Gasteiger partial charge in [-0.3, -0.25) is 11.3 Å². The summed E-state index contributed by atoms with van der Waals surface area (Å²) in [5.74, 6) is 6.06. The predicted octanol–water partition coefficient (Wildman–Crippen LogP) is 3.74. The van der Waals surface area contributed by atoms with E-state index in [4.69, 9.17) is 5.84 Å². The summed E-state index contributed by atoms with van der Waals surface area (Å²) in [6, 6.07) is 13.1. The maximum Gasteiger partial charge on any atom is 0.128 e. The Kier molecular flexibility index (Phi) is 5.17. The number of nitrogens with one attached hydrogen (secondary N) is 1. The molecule has 2 nitrogen and oxygen atoms in total. The lowest BCUT2D eigenvalue weighted by molar-refractivity contribution is 0.546. The van der Waals surface area contributed by atoms with Crippen molar-refractivity contribution < 1.29 is 4.39 Å². The molecule has 0 radical (unpaired) electrons. The van der Waals surface area contributed by atoms with E-state index in [1.54, 1.807) is 17.8 Å². The molecule has 1 atom stereocenters. The molecule has 0 aliphatic heterocycles. The van der Waals surface area contributed by atoms with Crippen molar-refractivity contribution in [1.29, 1.82) is 0 Å². The summed E-state index contributed by atoms with van der Waals surface area (Å²) in [4.78, 5) is 1.20. The van der Waals surface area contributed by atoms with Crippen LogP contribution in [-0.2, 0) is 0 Å². The summed E-state index contributed by atoms with van der Waals surface area (Å²) in [5.41, 5.74) is 5.58. The van der Waals surface area contributed by atoms with Crippen molar-refractivity contribution in [2.24, 2.45) is 5.84 Å². The van der Waals surface area contributed by atoms with Crippen LogP contribution in [0.15, 0.2) is 47.4 Å². The number of rotatable bonds is 5. The molecule has 1 unspecified atom stereocenters. The molecule has 0 saturated carbocycles. The normalized spacial score (nSPS) is 12.4. The van der Waals surface area contributed by atoms with Gasteiger partial charge in [0.05, 0.1) is 6.04 Å². The van der Waals surface area contributed by atoms with Crippen LogP contribution in [0, 0.1) is 19.7 Å². The highest BCUT2D eigenvalue weighted by molar-refractivity contribution is 7.99. The molecule has 0 amide bonds. The van der Waals surface area contributed by atoms with Gasteiger partial charge in [-0.1, -0.05) is 35.9 Å². The lowest BCUT2D eigenvalue weighted by Gasteiger charge is -2.18. The number of benzene rings is 2. The van der Waals surface area contributed by atoms with Crippen molar-refractivity contribution in [3.63, 3.8) is 0 Å². The SMILES string of the molecule is Cc1ccc(F)c(C(CSc2ccccc2C)NN)c1. The molecule has 0 aliphatic carbocycles. The van der Waals surface area contributed by atoms with Gasteiger partial charge in [-0.15, -0.1) is 11.8 Å². The van der Waals surface area contributed by atoms with Crippen LogP contribution in [0.2, 0.25) is 0 Å². The van der Waals surface area contributed by atoms with E-state index in [2.05, 4.69) is 24.5 Å². The third-order valence-corrected chi connectivity index (χ3v) is 4.50. The zero-order chi connectivity index (χ0) is 14.5. The van der Waals surface area contributed by atoms with E-state index in [1.807, 2.05) is 25.1 Å². The standard InChI is InChI=1S/C16H19FN2S/c1-11-7-8-14(17)13(9-11)15(19-18)10-20-16-6-4-3-5-12(16)2/h3-9,15,19H,10,18H2,1-2H3. The lowest BCUT2D eigenvalue weighted by atomic mass is 10.1. The van der Waals surface area contributed by atoms with Crippen molar-refractivity contribution in [2.45, 2.75) is 24.8 Å². The molecule has 106 valence electrons. The average molecular weight is 290 g/mol. The number of halogens is 1. The van der Waals surface area contributed by atoms with Crippen molar-refractivity contribution in [1.82, 2.24) is 5.43 Å². The van der Waals surface area contributed by atoms with Crippen molar-refractivity contribution in [3.8, 4) is 0 Å². The molecule has 2 rings (SSSR count). The molecule has 0 saturated heterocycles. The first-order chi connectivity index (χ1) is 9.61. The highest BCUT2D eigenvalue weighted by Gasteiger charge is 2.15. The quantitative estimate of drug-likeness (QED) is 0.500. The summed E-state index contributed by atoms with van der Waals surface area (Å²) in [7, 11) is 0. The fraction of sp³-hybridized carbons (Fsp3) is 0.250. The Hall–Kier alpha value is -1.36. The van der Waals surface area contributed by atoms with E-state index in [0.29, 0.717) is 11.3 Å². The Morgan fingerprint density at radius 2 is 1.95 bits per heavy atom. The van der Waals surface area contributed by atoms with E-state index < -0.39 is 0 Å². The van der Waals surface area contributed by atoms with E-state index in [-0.39, 0.29) is 11.9 Å². The molecular weight excluding hydrogens is 271 g/mol. The van der Waals surface area contributed by atoms with Crippen LogP contribution in [-0.4, -0.2) is 5.75 Å². The topological polar surface area (TPSA) is 38.0 Å². The second-order valence-electron chi connectivity index (χ2n) is 4.82. The second-order valence-corrected chi connectivity index (χ2v) is 5.88. The first-order valence-electron chi connectivity index (χ1n) is 6.52. The monoisotopic (exact) mass is 290 g/mol.